The van der Waals surface area contributed by atoms with E-state index in [4.69, 9.17) is 10.5 Å². The van der Waals surface area contributed by atoms with Crippen molar-refractivity contribution >= 4 is 29.7 Å². The highest BCUT2D eigenvalue weighted by Crippen LogP contribution is 2.38. The molecule has 2 saturated heterocycles. The van der Waals surface area contributed by atoms with Crippen molar-refractivity contribution in [2.24, 2.45) is 11.7 Å². The van der Waals surface area contributed by atoms with Gasteiger partial charge >= 0.3 is 6.09 Å². The number of piperidine rings is 2. The summed E-state index contributed by atoms with van der Waals surface area (Å²) in [5, 5.41) is 0. The van der Waals surface area contributed by atoms with Crippen LogP contribution in [0, 0.1) is 5.92 Å². The van der Waals surface area contributed by atoms with Gasteiger partial charge in [-0.2, -0.15) is 4.79 Å². The Bertz CT molecular complexity index is 1230. The molecule has 6 nitrogen and oxygen atoms in total. The van der Waals surface area contributed by atoms with E-state index in [1.807, 2.05) is 20.8 Å². The van der Waals surface area contributed by atoms with Crippen LogP contribution in [-0.4, -0.2) is 66.3 Å². The molecule has 2 aromatic carbocycles. The Morgan fingerprint density at radius 3 is 1.97 bits per heavy atom. The van der Waals surface area contributed by atoms with E-state index in [1.54, 1.807) is 0 Å². The molecule has 0 radical (unpaired) electrons. The standard InChI is InChI=1S/C33H41N3O3/c1-33(2,3)39-32(38)36(21-16-27(17-22-36)31(34)37)23-20-35-18-14-26(15-19-35)30-28-10-6-4-8-24(28)12-13-25-9-5-7-11-29(25)30/h4-13,27H,14-23H2,1-3H3,(H-,34,37)/p+1. The van der Waals surface area contributed by atoms with Crippen LogP contribution in [-0.2, 0) is 9.53 Å². The fourth-order valence-corrected chi connectivity index (χ4v) is 6.28. The van der Waals surface area contributed by atoms with Crippen LogP contribution < -0.4 is 5.73 Å². The predicted octanol–water partition coefficient (Wildman–Crippen LogP) is 5.72. The Hall–Kier alpha value is -3.22. The molecule has 0 unspecified atom stereocenters. The zero-order valence-electron chi connectivity index (χ0n) is 23.6. The summed E-state index contributed by atoms with van der Waals surface area (Å²) in [6.07, 6.45) is 7.58. The average Bonchev–Trinajstić information content (AvgIpc) is 3.08. The Morgan fingerprint density at radius 1 is 0.923 bits per heavy atom. The first-order chi connectivity index (χ1) is 18.7. The van der Waals surface area contributed by atoms with Crippen molar-refractivity contribution < 1.29 is 18.8 Å². The van der Waals surface area contributed by atoms with Crippen LogP contribution in [0.1, 0.15) is 68.7 Å². The molecular weight excluding hydrogens is 486 g/mol. The molecular formula is C33H42N3O3+. The quantitative estimate of drug-likeness (QED) is 0.440. The van der Waals surface area contributed by atoms with E-state index in [9.17, 15) is 9.59 Å². The Kier molecular flexibility index (Phi) is 7.79. The molecule has 2 heterocycles. The number of nitrogens with two attached hydrogens (primary N) is 1. The summed E-state index contributed by atoms with van der Waals surface area (Å²) in [6, 6.07) is 17.4. The third-order valence-corrected chi connectivity index (χ3v) is 8.55. The second-order valence-corrected chi connectivity index (χ2v) is 12.3. The van der Waals surface area contributed by atoms with E-state index in [0.29, 0.717) is 32.5 Å². The van der Waals surface area contributed by atoms with Gasteiger partial charge in [0.25, 0.3) is 0 Å². The summed E-state index contributed by atoms with van der Waals surface area (Å²) in [5.41, 5.74) is 13.1. The number of rotatable bonds is 4. The van der Waals surface area contributed by atoms with Crippen LogP contribution in [0.3, 0.4) is 0 Å². The van der Waals surface area contributed by atoms with Gasteiger partial charge in [-0.05, 0) is 61.4 Å². The Labute approximate surface area is 232 Å². The number of benzene rings is 2. The van der Waals surface area contributed by atoms with E-state index in [-0.39, 0.29) is 22.4 Å². The van der Waals surface area contributed by atoms with Gasteiger partial charge in [0.15, 0.2) is 0 Å². The van der Waals surface area contributed by atoms with E-state index in [0.717, 1.165) is 32.5 Å². The maximum absolute atomic E-state index is 13.4. The molecule has 0 saturated carbocycles. The first kappa shape index (κ1) is 27.4. The van der Waals surface area contributed by atoms with Crippen LogP contribution in [0.4, 0.5) is 4.79 Å². The van der Waals surface area contributed by atoms with Crippen molar-refractivity contribution in [2.45, 2.75) is 52.1 Å². The lowest BCUT2D eigenvalue weighted by molar-refractivity contribution is -0.864. The molecule has 2 fully saturated rings. The first-order valence-corrected chi connectivity index (χ1v) is 14.4. The highest BCUT2D eigenvalue weighted by Gasteiger charge is 2.45. The summed E-state index contributed by atoms with van der Waals surface area (Å²) < 4.78 is 6.15. The fraction of sp³-hybridized carbons (Fsp3) is 0.455. The van der Waals surface area contributed by atoms with Gasteiger partial charge in [-0.1, -0.05) is 66.3 Å². The molecule has 3 aliphatic rings. The van der Waals surface area contributed by atoms with Gasteiger partial charge in [-0.25, -0.2) is 4.48 Å². The zero-order valence-corrected chi connectivity index (χ0v) is 23.6. The lowest BCUT2D eigenvalue weighted by atomic mass is 9.86. The average molecular weight is 529 g/mol. The van der Waals surface area contributed by atoms with Crippen LogP contribution in [0.15, 0.2) is 54.1 Å². The predicted molar refractivity (Wildman–Crippen MR) is 157 cm³/mol. The molecule has 1 aliphatic carbocycles. The monoisotopic (exact) mass is 528 g/mol. The number of hydrogen-bond donors (Lipinski definition) is 1. The first-order valence-electron chi connectivity index (χ1n) is 14.4. The van der Waals surface area contributed by atoms with Crippen molar-refractivity contribution in [1.29, 1.82) is 0 Å². The number of hydrogen-bond acceptors (Lipinski definition) is 4. The molecule has 5 rings (SSSR count). The van der Waals surface area contributed by atoms with Gasteiger partial charge in [0.1, 0.15) is 12.1 Å². The van der Waals surface area contributed by atoms with Gasteiger partial charge in [-0.3, -0.25) is 9.69 Å². The van der Waals surface area contributed by atoms with Crippen molar-refractivity contribution in [3.63, 3.8) is 0 Å². The maximum atomic E-state index is 13.4. The van der Waals surface area contributed by atoms with E-state index in [2.05, 4.69) is 65.6 Å². The van der Waals surface area contributed by atoms with Crippen molar-refractivity contribution in [1.82, 2.24) is 4.90 Å². The molecule has 0 spiro atoms. The number of ether oxygens (including phenoxy) is 1. The second kappa shape index (κ2) is 11.1. The number of carbonyl (C=O) groups is 2. The minimum absolute atomic E-state index is 0.150. The number of primary amides is 1. The number of carbonyl (C=O) groups excluding carboxylic acids is 2. The minimum Gasteiger partial charge on any atom is -0.414 e. The largest absolute Gasteiger partial charge is 0.516 e. The Morgan fingerprint density at radius 2 is 1.46 bits per heavy atom. The van der Waals surface area contributed by atoms with Crippen LogP contribution >= 0.6 is 0 Å². The number of likely N-dealkylation sites (tertiary alicyclic amines) is 2. The summed E-state index contributed by atoms with van der Waals surface area (Å²) in [7, 11) is 0. The summed E-state index contributed by atoms with van der Waals surface area (Å²) in [6.45, 7) is 10.4. The summed E-state index contributed by atoms with van der Waals surface area (Å²) in [5.74, 6) is -0.409. The van der Waals surface area contributed by atoms with Crippen LogP contribution in [0.5, 0.6) is 0 Å². The number of nitrogens with zero attached hydrogens (tertiary/aromatic N) is 2. The number of quaternary nitrogens is 1. The zero-order chi connectivity index (χ0) is 27.6. The molecule has 0 aromatic heterocycles. The van der Waals surface area contributed by atoms with E-state index < -0.39 is 5.60 Å². The molecule has 6 heteroatoms. The summed E-state index contributed by atoms with van der Waals surface area (Å²) >= 11 is 0. The van der Waals surface area contributed by atoms with Gasteiger partial charge in [0, 0.05) is 38.4 Å². The minimum atomic E-state index is -0.546. The van der Waals surface area contributed by atoms with Crippen LogP contribution in [0.25, 0.3) is 17.7 Å². The van der Waals surface area contributed by atoms with E-state index >= 15 is 0 Å². The fourth-order valence-electron chi connectivity index (χ4n) is 6.28. The molecule has 2 aromatic rings. The molecule has 2 N–H and O–H groups in total. The maximum Gasteiger partial charge on any atom is 0.516 e. The van der Waals surface area contributed by atoms with Crippen molar-refractivity contribution in [2.75, 3.05) is 39.3 Å². The number of amides is 2. The topological polar surface area (TPSA) is 72.6 Å². The van der Waals surface area contributed by atoms with Crippen molar-refractivity contribution in [3.05, 3.63) is 76.4 Å². The SMILES string of the molecule is CC(C)(C)OC(=O)[N+]1(CCN2CCC(=C3c4ccccc4C=Cc4ccccc43)CC2)CCC(C(N)=O)CC1. The van der Waals surface area contributed by atoms with E-state index in [1.165, 1.54) is 33.4 Å². The van der Waals surface area contributed by atoms with Gasteiger partial charge < -0.3 is 10.5 Å². The molecule has 39 heavy (non-hydrogen) atoms. The third-order valence-electron chi connectivity index (χ3n) is 8.55. The third kappa shape index (κ3) is 6.02. The van der Waals surface area contributed by atoms with Gasteiger partial charge in [0.05, 0.1) is 13.1 Å². The normalized spacial score (nSPS) is 23.5. The highest BCUT2D eigenvalue weighted by molar-refractivity contribution is 5.94. The highest BCUT2D eigenvalue weighted by atomic mass is 16.6. The van der Waals surface area contributed by atoms with Crippen LogP contribution in [0.2, 0.25) is 0 Å². The number of fused-ring (bicyclic) bond motifs is 2. The summed E-state index contributed by atoms with van der Waals surface area (Å²) in [4.78, 5) is 27.7. The van der Waals surface area contributed by atoms with Gasteiger partial charge in [-0.15, -0.1) is 0 Å². The van der Waals surface area contributed by atoms with Gasteiger partial charge in [0.2, 0.25) is 5.91 Å². The van der Waals surface area contributed by atoms with Crippen molar-refractivity contribution in [3.8, 4) is 0 Å². The second-order valence-electron chi connectivity index (χ2n) is 12.3. The molecule has 0 bridgehead atoms. The molecule has 0 atom stereocenters. The molecule has 2 aliphatic heterocycles. The smallest absolute Gasteiger partial charge is 0.414 e. The Balaban J connectivity index is 1.32. The molecule has 206 valence electrons. The lowest BCUT2D eigenvalue weighted by Crippen LogP contribution is -2.61. The lowest BCUT2D eigenvalue weighted by Gasteiger charge is -2.42. The molecule has 2 amide bonds.